The summed E-state index contributed by atoms with van der Waals surface area (Å²) in [7, 11) is 0. The molecule has 2 aromatic rings. The number of rotatable bonds is 3. The van der Waals surface area contributed by atoms with E-state index in [0.717, 1.165) is 38.8 Å². The van der Waals surface area contributed by atoms with E-state index in [0.29, 0.717) is 6.54 Å². The van der Waals surface area contributed by atoms with Gasteiger partial charge in [0.05, 0.1) is 0 Å². The summed E-state index contributed by atoms with van der Waals surface area (Å²) in [5, 5.41) is 0.734. The molecule has 0 saturated carbocycles. The van der Waals surface area contributed by atoms with Gasteiger partial charge in [0.15, 0.2) is 0 Å². The van der Waals surface area contributed by atoms with Crippen LogP contribution in [0.1, 0.15) is 22.3 Å². The summed E-state index contributed by atoms with van der Waals surface area (Å²) in [6, 6.07) is 9.82. The van der Waals surface area contributed by atoms with Crippen LogP contribution in [0.4, 0.5) is 0 Å². The number of hydrogen-bond acceptors (Lipinski definition) is 2. The average Bonchev–Trinajstić information content (AvgIpc) is 2.35. The highest BCUT2D eigenvalue weighted by molar-refractivity contribution is 6.30. The molecule has 0 aliphatic carbocycles. The van der Waals surface area contributed by atoms with E-state index in [4.69, 9.17) is 22.1 Å². The van der Waals surface area contributed by atoms with Crippen LogP contribution in [0, 0.1) is 20.8 Å². The summed E-state index contributed by atoms with van der Waals surface area (Å²) < 4.78 is 6.03. The van der Waals surface area contributed by atoms with E-state index in [2.05, 4.69) is 6.07 Å². The number of nitrogens with two attached hydrogens (primary N) is 1. The summed E-state index contributed by atoms with van der Waals surface area (Å²) in [5.41, 5.74) is 9.89. The Hall–Kier alpha value is -1.51. The zero-order chi connectivity index (χ0) is 14.0. The standard InChI is InChI=1S/C16H18ClNO/c1-10-6-13(9-18)4-5-15(10)19-16-11(2)7-14(17)8-12(16)3/h4-8H,9,18H2,1-3H3. The van der Waals surface area contributed by atoms with Gasteiger partial charge in [-0.3, -0.25) is 0 Å². The first kappa shape index (κ1) is 13.9. The Balaban J connectivity index is 2.36. The van der Waals surface area contributed by atoms with Crippen molar-refractivity contribution in [1.29, 1.82) is 0 Å². The van der Waals surface area contributed by atoms with Crippen molar-refractivity contribution in [3.63, 3.8) is 0 Å². The van der Waals surface area contributed by atoms with Gasteiger partial charge in [0.25, 0.3) is 0 Å². The second-order valence-electron chi connectivity index (χ2n) is 4.77. The second kappa shape index (κ2) is 5.64. The van der Waals surface area contributed by atoms with Crippen molar-refractivity contribution >= 4 is 11.6 Å². The van der Waals surface area contributed by atoms with Gasteiger partial charge < -0.3 is 10.5 Å². The van der Waals surface area contributed by atoms with Crippen LogP contribution >= 0.6 is 11.6 Å². The third kappa shape index (κ3) is 3.09. The summed E-state index contributed by atoms with van der Waals surface area (Å²) in [5.74, 6) is 1.72. The molecule has 2 rings (SSSR count). The zero-order valence-electron chi connectivity index (χ0n) is 11.5. The summed E-state index contributed by atoms with van der Waals surface area (Å²) in [6.07, 6.45) is 0. The first-order valence-corrected chi connectivity index (χ1v) is 6.63. The molecule has 0 aromatic heterocycles. The van der Waals surface area contributed by atoms with E-state index in [1.54, 1.807) is 0 Å². The summed E-state index contributed by atoms with van der Waals surface area (Å²) in [4.78, 5) is 0. The Bertz CT molecular complexity index is 585. The Morgan fingerprint density at radius 2 is 1.63 bits per heavy atom. The lowest BCUT2D eigenvalue weighted by molar-refractivity contribution is 0.471. The van der Waals surface area contributed by atoms with E-state index in [1.165, 1.54) is 0 Å². The predicted molar refractivity (Wildman–Crippen MR) is 80.1 cm³/mol. The van der Waals surface area contributed by atoms with Crippen molar-refractivity contribution in [2.45, 2.75) is 27.3 Å². The molecule has 2 aromatic carbocycles. The molecule has 0 saturated heterocycles. The lowest BCUT2D eigenvalue weighted by atomic mass is 10.1. The SMILES string of the molecule is Cc1cc(CN)ccc1Oc1c(C)cc(Cl)cc1C. The maximum absolute atomic E-state index is 6.03. The molecule has 100 valence electrons. The van der Waals surface area contributed by atoms with Gasteiger partial charge >= 0.3 is 0 Å². The third-order valence-electron chi connectivity index (χ3n) is 3.11. The Kier molecular flexibility index (Phi) is 4.13. The molecule has 0 amide bonds. The average molecular weight is 276 g/mol. The van der Waals surface area contributed by atoms with Crippen LogP contribution in [-0.2, 0) is 6.54 Å². The van der Waals surface area contributed by atoms with Gasteiger partial charge in [0.1, 0.15) is 11.5 Å². The number of benzene rings is 2. The van der Waals surface area contributed by atoms with Crippen molar-refractivity contribution in [3.8, 4) is 11.5 Å². The van der Waals surface area contributed by atoms with E-state index in [-0.39, 0.29) is 0 Å². The Morgan fingerprint density at radius 3 is 2.16 bits per heavy atom. The summed E-state index contributed by atoms with van der Waals surface area (Å²) in [6.45, 7) is 6.56. The van der Waals surface area contributed by atoms with Crippen LogP contribution in [0.2, 0.25) is 5.02 Å². The van der Waals surface area contributed by atoms with Crippen molar-refractivity contribution in [2.24, 2.45) is 5.73 Å². The maximum atomic E-state index is 6.03. The van der Waals surface area contributed by atoms with Crippen LogP contribution in [-0.4, -0.2) is 0 Å². The summed E-state index contributed by atoms with van der Waals surface area (Å²) >= 11 is 6.03. The molecule has 0 atom stereocenters. The molecule has 0 radical (unpaired) electrons. The van der Waals surface area contributed by atoms with Crippen LogP contribution in [0.5, 0.6) is 11.5 Å². The van der Waals surface area contributed by atoms with Gasteiger partial charge in [-0.15, -0.1) is 0 Å². The molecule has 0 bridgehead atoms. The van der Waals surface area contributed by atoms with Crippen LogP contribution in [0.3, 0.4) is 0 Å². The van der Waals surface area contributed by atoms with Gasteiger partial charge in [-0.2, -0.15) is 0 Å². The smallest absolute Gasteiger partial charge is 0.133 e. The number of hydrogen-bond donors (Lipinski definition) is 1. The van der Waals surface area contributed by atoms with Crippen molar-refractivity contribution in [1.82, 2.24) is 0 Å². The maximum Gasteiger partial charge on any atom is 0.133 e. The molecule has 0 spiro atoms. The first-order chi connectivity index (χ1) is 9.01. The van der Waals surface area contributed by atoms with Crippen LogP contribution in [0.15, 0.2) is 30.3 Å². The molecule has 0 fully saturated rings. The molecule has 3 heteroatoms. The van der Waals surface area contributed by atoms with Gasteiger partial charge in [-0.05, 0) is 61.2 Å². The zero-order valence-corrected chi connectivity index (χ0v) is 12.2. The van der Waals surface area contributed by atoms with E-state index >= 15 is 0 Å². The highest BCUT2D eigenvalue weighted by Crippen LogP contribution is 2.33. The lowest BCUT2D eigenvalue weighted by Crippen LogP contribution is -1.98. The molecule has 2 nitrogen and oxygen atoms in total. The van der Waals surface area contributed by atoms with Crippen molar-refractivity contribution in [2.75, 3.05) is 0 Å². The predicted octanol–water partition coefficient (Wildman–Crippen LogP) is 4.52. The fourth-order valence-corrected chi connectivity index (χ4v) is 2.45. The molecule has 19 heavy (non-hydrogen) atoms. The Morgan fingerprint density at radius 1 is 1.00 bits per heavy atom. The number of halogens is 1. The third-order valence-corrected chi connectivity index (χ3v) is 3.33. The van der Waals surface area contributed by atoms with Crippen LogP contribution < -0.4 is 10.5 Å². The van der Waals surface area contributed by atoms with E-state index < -0.39 is 0 Å². The Labute approximate surface area is 119 Å². The molecule has 0 unspecified atom stereocenters. The van der Waals surface area contributed by atoms with Crippen molar-refractivity contribution < 1.29 is 4.74 Å². The second-order valence-corrected chi connectivity index (χ2v) is 5.21. The molecule has 0 heterocycles. The van der Waals surface area contributed by atoms with Gasteiger partial charge in [-0.25, -0.2) is 0 Å². The molecule has 2 N–H and O–H groups in total. The normalized spacial score (nSPS) is 10.6. The quantitative estimate of drug-likeness (QED) is 0.894. The minimum atomic E-state index is 0.542. The number of aryl methyl sites for hydroxylation is 3. The monoisotopic (exact) mass is 275 g/mol. The lowest BCUT2D eigenvalue weighted by Gasteiger charge is -2.14. The first-order valence-electron chi connectivity index (χ1n) is 6.25. The largest absolute Gasteiger partial charge is 0.457 e. The minimum absolute atomic E-state index is 0.542. The van der Waals surface area contributed by atoms with E-state index in [9.17, 15) is 0 Å². The minimum Gasteiger partial charge on any atom is -0.457 e. The highest BCUT2D eigenvalue weighted by atomic mass is 35.5. The molecular weight excluding hydrogens is 258 g/mol. The van der Waals surface area contributed by atoms with Gasteiger partial charge in [-0.1, -0.05) is 23.7 Å². The van der Waals surface area contributed by atoms with Crippen molar-refractivity contribution in [3.05, 3.63) is 57.6 Å². The fourth-order valence-electron chi connectivity index (χ4n) is 2.12. The molecule has 0 aliphatic rings. The molecular formula is C16H18ClNO. The van der Waals surface area contributed by atoms with Crippen LogP contribution in [0.25, 0.3) is 0 Å². The van der Waals surface area contributed by atoms with Gasteiger partial charge in [0.2, 0.25) is 0 Å². The molecule has 0 aliphatic heterocycles. The topological polar surface area (TPSA) is 35.2 Å². The fraction of sp³-hybridized carbons (Fsp3) is 0.250. The number of ether oxygens (including phenoxy) is 1. The van der Waals surface area contributed by atoms with Gasteiger partial charge in [0, 0.05) is 11.6 Å². The highest BCUT2D eigenvalue weighted by Gasteiger charge is 2.09. The van der Waals surface area contributed by atoms with E-state index in [1.807, 2.05) is 45.0 Å².